The minimum Gasteiger partial charge on any atom is -0.388 e. The highest BCUT2D eigenvalue weighted by Crippen LogP contribution is 2.21. The summed E-state index contributed by atoms with van der Waals surface area (Å²) >= 11 is 4.93. The number of rotatable bonds is 4. The lowest BCUT2D eigenvalue weighted by atomic mass is 10.0. The summed E-state index contributed by atoms with van der Waals surface area (Å²) in [6.45, 7) is 4.35. The molecule has 0 aliphatic heterocycles. The molecule has 4 heteroatoms. The molecule has 3 N–H and O–H groups in total. The van der Waals surface area contributed by atoms with E-state index in [1.165, 1.54) is 5.56 Å². The number of hydrogen-bond donors (Lipinski definition) is 2. The fraction of sp³-hybridized carbons (Fsp3) is 0.200. The van der Waals surface area contributed by atoms with Gasteiger partial charge >= 0.3 is 0 Å². The van der Waals surface area contributed by atoms with E-state index in [2.05, 4.69) is 36.3 Å². The molecule has 2 aromatic rings. The van der Waals surface area contributed by atoms with Gasteiger partial charge in [0.15, 0.2) is 0 Å². The van der Waals surface area contributed by atoms with Gasteiger partial charge < -0.3 is 11.1 Å². The lowest BCUT2D eigenvalue weighted by molar-refractivity contribution is 0.867. The van der Waals surface area contributed by atoms with Crippen molar-refractivity contribution in [3.05, 3.63) is 53.9 Å². The van der Waals surface area contributed by atoms with Gasteiger partial charge in [0.05, 0.1) is 5.69 Å². The molecule has 1 heterocycles. The fourth-order valence-corrected chi connectivity index (χ4v) is 1.90. The number of benzene rings is 1. The van der Waals surface area contributed by atoms with Gasteiger partial charge in [0.2, 0.25) is 0 Å². The molecule has 98 valence electrons. The average Bonchev–Trinajstić information content (AvgIpc) is 2.39. The van der Waals surface area contributed by atoms with Crippen LogP contribution in [0.1, 0.15) is 31.0 Å². The maximum absolute atomic E-state index is 5.58. The van der Waals surface area contributed by atoms with Gasteiger partial charge in [-0.2, -0.15) is 0 Å². The van der Waals surface area contributed by atoms with Crippen LogP contribution in [0.4, 0.5) is 11.4 Å². The Hall–Kier alpha value is -1.94. The minimum atomic E-state index is 0.305. The van der Waals surface area contributed by atoms with E-state index in [1.54, 1.807) is 6.20 Å². The van der Waals surface area contributed by atoms with Gasteiger partial charge in [0.1, 0.15) is 4.99 Å². The predicted octanol–water partition coefficient (Wildman–Crippen LogP) is 3.58. The van der Waals surface area contributed by atoms with E-state index < -0.39 is 0 Å². The van der Waals surface area contributed by atoms with E-state index in [-0.39, 0.29) is 0 Å². The number of nitrogens with one attached hydrogen (secondary N) is 1. The largest absolute Gasteiger partial charge is 0.388 e. The molecule has 19 heavy (non-hydrogen) atoms. The molecule has 0 aliphatic carbocycles. The van der Waals surface area contributed by atoms with E-state index in [4.69, 9.17) is 18.0 Å². The first-order valence-electron chi connectivity index (χ1n) is 6.19. The van der Waals surface area contributed by atoms with Crippen molar-refractivity contribution in [1.82, 2.24) is 4.98 Å². The second kappa shape index (κ2) is 5.80. The Balaban J connectivity index is 2.23. The molecule has 0 spiro atoms. The molecule has 0 saturated carbocycles. The summed E-state index contributed by atoms with van der Waals surface area (Å²) in [6, 6.07) is 12.1. The van der Waals surface area contributed by atoms with Crippen LogP contribution in [0.25, 0.3) is 0 Å². The van der Waals surface area contributed by atoms with E-state index in [0.717, 1.165) is 11.4 Å². The zero-order valence-corrected chi connectivity index (χ0v) is 11.9. The molecule has 0 fully saturated rings. The van der Waals surface area contributed by atoms with Crippen molar-refractivity contribution in [3.8, 4) is 0 Å². The van der Waals surface area contributed by atoms with Crippen molar-refractivity contribution in [3.63, 3.8) is 0 Å². The molecule has 0 saturated heterocycles. The van der Waals surface area contributed by atoms with E-state index >= 15 is 0 Å². The van der Waals surface area contributed by atoms with Crippen molar-refractivity contribution in [1.29, 1.82) is 0 Å². The number of pyridine rings is 1. The third-order valence-electron chi connectivity index (χ3n) is 2.85. The molecule has 0 amide bonds. The van der Waals surface area contributed by atoms with Crippen LogP contribution in [0.3, 0.4) is 0 Å². The van der Waals surface area contributed by atoms with Crippen molar-refractivity contribution in [2.45, 2.75) is 19.8 Å². The van der Waals surface area contributed by atoms with Crippen LogP contribution in [-0.4, -0.2) is 9.97 Å². The Morgan fingerprint density at radius 2 is 1.95 bits per heavy atom. The van der Waals surface area contributed by atoms with Gasteiger partial charge in [0.25, 0.3) is 0 Å². The van der Waals surface area contributed by atoms with Crippen molar-refractivity contribution in [2.75, 3.05) is 5.32 Å². The summed E-state index contributed by atoms with van der Waals surface area (Å²) in [6.07, 6.45) is 1.70. The van der Waals surface area contributed by atoms with Crippen LogP contribution in [0, 0.1) is 0 Å². The lowest BCUT2D eigenvalue weighted by Crippen LogP contribution is -2.11. The van der Waals surface area contributed by atoms with Crippen LogP contribution in [-0.2, 0) is 0 Å². The summed E-state index contributed by atoms with van der Waals surface area (Å²) in [5.74, 6) is 0.506. The van der Waals surface area contributed by atoms with Gasteiger partial charge in [-0.25, -0.2) is 0 Å². The summed E-state index contributed by atoms with van der Waals surface area (Å²) in [5.41, 5.74) is 9.48. The van der Waals surface area contributed by atoms with E-state index in [0.29, 0.717) is 16.6 Å². The highest BCUT2D eigenvalue weighted by atomic mass is 32.1. The van der Waals surface area contributed by atoms with Crippen LogP contribution < -0.4 is 11.1 Å². The number of anilines is 2. The summed E-state index contributed by atoms with van der Waals surface area (Å²) in [4.78, 5) is 4.43. The number of aromatic nitrogens is 1. The van der Waals surface area contributed by atoms with Crippen molar-refractivity contribution in [2.24, 2.45) is 5.73 Å². The third kappa shape index (κ3) is 3.51. The lowest BCUT2D eigenvalue weighted by Gasteiger charge is -2.11. The van der Waals surface area contributed by atoms with Crippen LogP contribution >= 0.6 is 12.2 Å². The summed E-state index contributed by atoms with van der Waals surface area (Å²) < 4.78 is 0. The Kier molecular flexibility index (Phi) is 4.12. The molecule has 0 aliphatic rings. The van der Waals surface area contributed by atoms with Crippen LogP contribution in [0.2, 0.25) is 0 Å². The molecule has 0 radical (unpaired) electrons. The van der Waals surface area contributed by atoms with Gasteiger partial charge in [-0.3, -0.25) is 4.98 Å². The fourth-order valence-electron chi connectivity index (χ4n) is 1.79. The molecular weight excluding hydrogens is 254 g/mol. The molecular formula is C15H17N3S. The first kappa shape index (κ1) is 13.5. The Labute approximate surface area is 118 Å². The molecule has 0 bridgehead atoms. The highest BCUT2D eigenvalue weighted by Gasteiger charge is 2.03. The molecule has 1 aromatic carbocycles. The Morgan fingerprint density at radius 3 is 2.63 bits per heavy atom. The summed E-state index contributed by atoms with van der Waals surface area (Å²) in [7, 11) is 0. The minimum absolute atomic E-state index is 0.305. The average molecular weight is 271 g/mol. The maximum atomic E-state index is 5.58. The quantitative estimate of drug-likeness (QED) is 0.834. The number of hydrogen-bond acceptors (Lipinski definition) is 3. The Morgan fingerprint density at radius 1 is 1.21 bits per heavy atom. The van der Waals surface area contributed by atoms with E-state index in [1.807, 2.05) is 24.3 Å². The first-order valence-corrected chi connectivity index (χ1v) is 6.60. The zero-order valence-electron chi connectivity index (χ0n) is 11.1. The Bertz CT molecular complexity index is 593. The molecule has 2 rings (SSSR count). The molecule has 0 unspecified atom stereocenters. The van der Waals surface area contributed by atoms with Crippen LogP contribution in [0.15, 0.2) is 42.6 Å². The third-order valence-corrected chi connectivity index (χ3v) is 3.06. The number of nitrogens with zero attached hydrogens (tertiary/aromatic N) is 1. The van der Waals surface area contributed by atoms with Gasteiger partial charge in [-0.05, 0) is 35.7 Å². The smallest absolute Gasteiger partial charge is 0.122 e. The first-order chi connectivity index (χ1) is 9.06. The SMILES string of the molecule is CC(C)c1cccc(Nc2ccnc(C(N)=S)c2)c1. The highest BCUT2D eigenvalue weighted by molar-refractivity contribution is 7.80. The standard InChI is InChI=1S/C15H17N3S/c1-10(2)11-4-3-5-12(8-11)18-13-6-7-17-14(9-13)15(16)19/h3-10H,1-2H3,(H2,16,19)(H,17,18). The maximum Gasteiger partial charge on any atom is 0.122 e. The number of nitrogens with two attached hydrogens (primary N) is 1. The molecule has 0 atom stereocenters. The topological polar surface area (TPSA) is 50.9 Å². The van der Waals surface area contributed by atoms with Gasteiger partial charge in [-0.15, -0.1) is 0 Å². The van der Waals surface area contributed by atoms with Gasteiger partial charge in [-0.1, -0.05) is 38.2 Å². The monoisotopic (exact) mass is 271 g/mol. The predicted molar refractivity (Wildman–Crippen MR) is 83.9 cm³/mol. The second-order valence-electron chi connectivity index (χ2n) is 4.70. The molecule has 1 aromatic heterocycles. The van der Waals surface area contributed by atoms with Crippen molar-refractivity contribution < 1.29 is 0 Å². The van der Waals surface area contributed by atoms with E-state index in [9.17, 15) is 0 Å². The molecule has 3 nitrogen and oxygen atoms in total. The normalized spacial score (nSPS) is 10.5. The van der Waals surface area contributed by atoms with Crippen molar-refractivity contribution >= 4 is 28.6 Å². The zero-order chi connectivity index (χ0) is 13.8. The number of thiocarbonyl (C=S) groups is 1. The summed E-state index contributed by atoms with van der Waals surface area (Å²) in [5, 5.41) is 3.34. The van der Waals surface area contributed by atoms with Gasteiger partial charge in [0, 0.05) is 17.6 Å². The second-order valence-corrected chi connectivity index (χ2v) is 5.14. The van der Waals surface area contributed by atoms with Crippen LogP contribution in [0.5, 0.6) is 0 Å².